The molecule has 0 radical (unpaired) electrons. The molecule has 3 N–H and O–H groups in total. The van der Waals surface area contributed by atoms with Crippen molar-refractivity contribution < 1.29 is 13.2 Å². The van der Waals surface area contributed by atoms with Gasteiger partial charge in [-0.25, -0.2) is 8.42 Å². The Morgan fingerprint density at radius 3 is 2.48 bits per heavy atom. The molecule has 1 rings (SSSR count). The standard InChI is InChI=1S/C13H21N3O3S.ClH/c1-10-6-7-11(16-20(3,18)19)12(9-10)15-13(17)5-4-8-14-2;/h6-7,9,14,16H,4-5,8H2,1-3H3,(H,15,17);1H. The SMILES string of the molecule is CNCCCC(=O)Nc1cc(C)ccc1NS(C)(=O)=O.Cl. The second-order valence-electron chi connectivity index (χ2n) is 4.68. The summed E-state index contributed by atoms with van der Waals surface area (Å²) >= 11 is 0. The molecule has 8 heteroatoms. The lowest BCUT2D eigenvalue weighted by atomic mass is 10.2. The van der Waals surface area contributed by atoms with E-state index < -0.39 is 10.0 Å². The number of halogens is 1. The summed E-state index contributed by atoms with van der Waals surface area (Å²) in [6, 6.07) is 5.16. The molecule has 0 heterocycles. The highest BCUT2D eigenvalue weighted by molar-refractivity contribution is 7.92. The molecule has 1 aromatic carbocycles. The fraction of sp³-hybridized carbons (Fsp3) is 0.462. The van der Waals surface area contributed by atoms with E-state index >= 15 is 0 Å². The second kappa shape index (κ2) is 8.86. The average Bonchev–Trinajstić information content (AvgIpc) is 2.31. The number of aryl methyl sites for hydroxylation is 1. The van der Waals surface area contributed by atoms with E-state index in [0.717, 1.165) is 24.8 Å². The number of benzene rings is 1. The van der Waals surface area contributed by atoms with Gasteiger partial charge in [-0.05, 0) is 44.6 Å². The number of sulfonamides is 1. The smallest absolute Gasteiger partial charge is 0.229 e. The maximum absolute atomic E-state index is 11.8. The van der Waals surface area contributed by atoms with Gasteiger partial charge in [-0.1, -0.05) is 6.07 Å². The van der Waals surface area contributed by atoms with Crippen molar-refractivity contribution in [1.82, 2.24) is 5.32 Å². The van der Waals surface area contributed by atoms with E-state index in [9.17, 15) is 13.2 Å². The second-order valence-corrected chi connectivity index (χ2v) is 6.43. The Labute approximate surface area is 132 Å². The number of carbonyl (C=O) groups excluding carboxylic acids is 1. The summed E-state index contributed by atoms with van der Waals surface area (Å²) in [5.74, 6) is -0.137. The van der Waals surface area contributed by atoms with Crippen LogP contribution < -0.4 is 15.4 Å². The highest BCUT2D eigenvalue weighted by atomic mass is 35.5. The first-order valence-corrected chi connectivity index (χ1v) is 8.24. The van der Waals surface area contributed by atoms with Crippen molar-refractivity contribution in [1.29, 1.82) is 0 Å². The molecule has 0 saturated heterocycles. The molecule has 0 aliphatic carbocycles. The molecule has 6 nitrogen and oxygen atoms in total. The van der Waals surface area contributed by atoms with Crippen LogP contribution in [0.3, 0.4) is 0 Å². The van der Waals surface area contributed by atoms with Gasteiger partial charge in [0.1, 0.15) is 0 Å². The van der Waals surface area contributed by atoms with Crippen LogP contribution >= 0.6 is 12.4 Å². The molecule has 0 fully saturated rings. The minimum Gasteiger partial charge on any atom is -0.324 e. The zero-order valence-corrected chi connectivity index (χ0v) is 14.0. The van der Waals surface area contributed by atoms with E-state index in [1.165, 1.54) is 0 Å². The normalized spacial score (nSPS) is 10.6. The van der Waals surface area contributed by atoms with Crippen molar-refractivity contribution in [2.24, 2.45) is 0 Å². The van der Waals surface area contributed by atoms with Gasteiger partial charge in [-0.15, -0.1) is 12.4 Å². The predicted octanol–water partition coefficient (Wildman–Crippen LogP) is 1.73. The van der Waals surface area contributed by atoms with Crippen LogP contribution in [0.25, 0.3) is 0 Å². The fourth-order valence-corrected chi connectivity index (χ4v) is 2.27. The van der Waals surface area contributed by atoms with Crippen LogP contribution in [0.4, 0.5) is 11.4 Å². The number of rotatable bonds is 7. The molecule has 1 amide bonds. The molecule has 0 atom stereocenters. The summed E-state index contributed by atoms with van der Waals surface area (Å²) in [7, 11) is -1.55. The van der Waals surface area contributed by atoms with Crippen molar-refractivity contribution >= 4 is 39.7 Å². The molecule has 21 heavy (non-hydrogen) atoms. The number of anilines is 2. The molecule has 0 aliphatic heterocycles. The lowest BCUT2D eigenvalue weighted by molar-refractivity contribution is -0.116. The topological polar surface area (TPSA) is 87.3 Å². The molecular weight excluding hydrogens is 314 g/mol. The molecule has 0 unspecified atom stereocenters. The molecule has 0 aliphatic rings. The summed E-state index contributed by atoms with van der Waals surface area (Å²) in [4.78, 5) is 11.8. The molecule has 0 spiro atoms. The van der Waals surface area contributed by atoms with Crippen molar-refractivity contribution in [3.63, 3.8) is 0 Å². The minimum atomic E-state index is -3.38. The summed E-state index contributed by atoms with van der Waals surface area (Å²) in [5, 5.41) is 5.71. The van der Waals surface area contributed by atoms with Gasteiger partial charge in [0, 0.05) is 6.42 Å². The first-order chi connectivity index (χ1) is 9.31. The third-order valence-electron chi connectivity index (χ3n) is 2.58. The van der Waals surface area contributed by atoms with Gasteiger partial charge in [0.05, 0.1) is 17.6 Å². The van der Waals surface area contributed by atoms with Gasteiger partial charge in [0.2, 0.25) is 15.9 Å². The van der Waals surface area contributed by atoms with Crippen LogP contribution in [0.15, 0.2) is 18.2 Å². The van der Waals surface area contributed by atoms with Crippen molar-refractivity contribution in [3.05, 3.63) is 23.8 Å². The quantitative estimate of drug-likeness (QED) is 0.662. The number of carbonyl (C=O) groups is 1. The maximum atomic E-state index is 11.8. The monoisotopic (exact) mass is 335 g/mol. The zero-order valence-electron chi connectivity index (χ0n) is 12.4. The summed E-state index contributed by atoms with van der Waals surface area (Å²) in [5.41, 5.74) is 1.79. The molecule has 120 valence electrons. The Balaban J connectivity index is 0.00000400. The van der Waals surface area contributed by atoms with E-state index in [0.29, 0.717) is 17.8 Å². The maximum Gasteiger partial charge on any atom is 0.229 e. The summed E-state index contributed by atoms with van der Waals surface area (Å²) in [6.45, 7) is 2.64. The molecule has 0 bridgehead atoms. The average molecular weight is 336 g/mol. The first kappa shape index (κ1) is 19.7. The molecule has 0 saturated carbocycles. The number of nitrogens with one attached hydrogen (secondary N) is 3. The third-order valence-corrected chi connectivity index (χ3v) is 3.17. The van der Waals surface area contributed by atoms with Crippen molar-refractivity contribution in [2.75, 3.05) is 29.9 Å². The molecule has 1 aromatic rings. The van der Waals surface area contributed by atoms with E-state index in [1.807, 2.05) is 14.0 Å². The number of amides is 1. The van der Waals surface area contributed by atoms with Crippen molar-refractivity contribution in [2.45, 2.75) is 19.8 Å². The van der Waals surface area contributed by atoms with E-state index in [2.05, 4.69) is 15.4 Å². The van der Waals surface area contributed by atoms with Crippen LogP contribution in [0.5, 0.6) is 0 Å². The summed E-state index contributed by atoms with van der Waals surface area (Å²) < 4.78 is 25.0. The van der Waals surface area contributed by atoms with Crippen LogP contribution in [0, 0.1) is 6.92 Å². The number of hydrogen-bond acceptors (Lipinski definition) is 4. The highest BCUT2D eigenvalue weighted by Crippen LogP contribution is 2.24. The lowest BCUT2D eigenvalue weighted by Gasteiger charge is -2.13. The van der Waals surface area contributed by atoms with Crippen LogP contribution in [-0.2, 0) is 14.8 Å². The van der Waals surface area contributed by atoms with Gasteiger partial charge >= 0.3 is 0 Å². The van der Waals surface area contributed by atoms with Gasteiger partial charge in [0.15, 0.2) is 0 Å². The van der Waals surface area contributed by atoms with E-state index in [1.54, 1.807) is 18.2 Å². The Bertz CT molecular complexity index is 576. The van der Waals surface area contributed by atoms with E-state index in [-0.39, 0.29) is 18.3 Å². The van der Waals surface area contributed by atoms with Gasteiger partial charge in [0.25, 0.3) is 0 Å². The van der Waals surface area contributed by atoms with Crippen LogP contribution in [-0.4, -0.2) is 34.2 Å². The van der Waals surface area contributed by atoms with Crippen LogP contribution in [0.2, 0.25) is 0 Å². The Hall–Kier alpha value is -1.31. The fourth-order valence-electron chi connectivity index (χ4n) is 1.69. The van der Waals surface area contributed by atoms with Crippen molar-refractivity contribution in [3.8, 4) is 0 Å². The summed E-state index contributed by atoms with van der Waals surface area (Å²) in [6.07, 6.45) is 2.18. The minimum absolute atomic E-state index is 0. The first-order valence-electron chi connectivity index (χ1n) is 6.34. The third kappa shape index (κ3) is 7.89. The zero-order chi connectivity index (χ0) is 15.2. The Kier molecular flexibility index (Phi) is 8.31. The Morgan fingerprint density at radius 2 is 1.90 bits per heavy atom. The lowest BCUT2D eigenvalue weighted by Crippen LogP contribution is -2.17. The highest BCUT2D eigenvalue weighted by Gasteiger charge is 2.10. The largest absolute Gasteiger partial charge is 0.324 e. The van der Waals surface area contributed by atoms with Gasteiger partial charge in [-0.2, -0.15) is 0 Å². The van der Waals surface area contributed by atoms with Gasteiger partial charge < -0.3 is 10.6 Å². The molecule has 0 aromatic heterocycles. The number of hydrogen-bond donors (Lipinski definition) is 3. The predicted molar refractivity (Wildman–Crippen MR) is 88.7 cm³/mol. The molecular formula is C13H22ClN3O3S. The Morgan fingerprint density at radius 1 is 1.24 bits per heavy atom. The van der Waals surface area contributed by atoms with E-state index in [4.69, 9.17) is 0 Å². The van der Waals surface area contributed by atoms with Crippen LogP contribution in [0.1, 0.15) is 18.4 Å². The van der Waals surface area contributed by atoms with Gasteiger partial charge in [-0.3, -0.25) is 9.52 Å².